The van der Waals surface area contributed by atoms with Gasteiger partial charge in [0.1, 0.15) is 5.82 Å². The summed E-state index contributed by atoms with van der Waals surface area (Å²) in [5, 5.41) is 1.05. The van der Waals surface area contributed by atoms with Crippen LogP contribution >= 0.6 is 0 Å². The zero-order chi connectivity index (χ0) is 19.0. The first-order valence-corrected chi connectivity index (χ1v) is 8.92. The number of benzene rings is 2. The van der Waals surface area contributed by atoms with Crippen LogP contribution in [-0.2, 0) is 16.0 Å². The number of para-hydroxylation sites is 1. The maximum atomic E-state index is 13.2. The smallest absolute Gasteiger partial charge is 0.335 e. The fourth-order valence-electron chi connectivity index (χ4n) is 3.68. The largest absolute Gasteiger partial charge is 0.464 e. The lowest BCUT2D eigenvalue weighted by Crippen LogP contribution is -2.44. The number of carbonyl (C=O) groups excluding carboxylic acids is 2. The van der Waals surface area contributed by atoms with Gasteiger partial charge in [-0.15, -0.1) is 0 Å². The van der Waals surface area contributed by atoms with E-state index in [1.54, 1.807) is 6.92 Å². The standard InChI is InChI=1S/C21H19FN2O3/c1-2-27-21(26)19-18-16(15-5-3-4-6-17(15)23-18)11-12-24(19)20(25)13-7-9-14(22)10-8-13/h3-10,19,23H,2,11-12H2,1H3. The van der Waals surface area contributed by atoms with Gasteiger partial charge in [0.2, 0.25) is 0 Å². The molecular weight excluding hydrogens is 347 g/mol. The van der Waals surface area contributed by atoms with Crippen molar-refractivity contribution < 1.29 is 18.7 Å². The number of esters is 1. The number of fused-ring (bicyclic) bond motifs is 3. The van der Waals surface area contributed by atoms with Crippen LogP contribution in [0.5, 0.6) is 0 Å². The van der Waals surface area contributed by atoms with Crippen molar-refractivity contribution in [2.45, 2.75) is 19.4 Å². The molecule has 0 saturated heterocycles. The number of rotatable bonds is 3. The summed E-state index contributed by atoms with van der Waals surface area (Å²) in [5.74, 6) is -1.21. The van der Waals surface area contributed by atoms with Gasteiger partial charge in [-0.05, 0) is 49.2 Å². The number of aromatic amines is 1. The van der Waals surface area contributed by atoms with E-state index >= 15 is 0 Å². The fraction of sp³-hybridized carbons (Fsp3) is 0.238. The second-order valence-electron chi connectivity index (χ2n) is 6.47. The molecule has 0 fully saturated rings. The molecule has 0 radical (unpaired) electrons. The van der Waals surface area contributed by atoms with E-state index in [1.165, 1.54) is 29.2 Å². The summed E-state index contributed by atoms with van der Waals surface area (Å²) in [5.41, 5.74) is 2.99. The number of H-pyrrole nitrogens is 1. The molecule has 138 valence electrons. The third kappa shape index (κ3) is 2.97. The number of nitrogens with zero attached hydrogens (tertiary/aromatic N) is 1. The van der Waals surface area contributed by atoms with Crippen LogP contribution in [0, 0.1) is 5.82 Å². The van der Waals surface area contributed by atoms with Gasteiger partial charge in [-0.25, -0.2) is 9.18 Å². The summed E-state index contributed by atoms with van der Waals surface area (Å²) in [7, 11) is 0. The van der Waals surface area contributed by atoms with Gasteiger partial charge in [-0.3, -0.25) is 4.79 Å². The molecule has 1 unspecified atom stereocenters. The molecule has 0 spiro atoms. The number of hydrogen-bond acceptors (Lipinski definition) is 3. The molecule has 0 saturated carbocycles. The summed E-state index contributed by atoms with van der Waals surface area (Å²) < 4.78 is 18.5. The summed E-state index contributed by atoms with van der Waals surface area (Å²) >= 11 is 0. The Kier molecular flexibility index (Phi) is 4.39. The molecule has 1 N–H and O–H groups in total. The fourth-order valence-corrected chi connectivity index (χ4v) is 3.68. The van der Waals surface area contributed by atoms with Crippen LogP contribution in [-0.4, -0.2) is 34.9 Å². The zero-order valence-electron chi connectivity index (χ0n) is 14.9. The molecule has 1 aliphatic heterocycles. The lowest BCUT2D eigenvalue weighted by atomic mass is 9.96. The number of halogens is 1. The van der Waals surface area contributed by atoms with Gasteiger partial charge in [0.25, 0.3) is 5.91 Å². The predicted octanol–water partition coefficient (Wildman–Crippen LogP) is 3.61. The minimum atomic E-state index is -0.848. The van der Waals surface area contributed by atoms with Gasteiger partial charge in [0.15, 0.2) is 6.04 Å². The topological polar surface area (TPSA) is 62.4 Å². The van der Waals surface area contributed by atoms with Gasteiger partial charge < -0.3 is 14.6 Å². The van der Waals surface area contributed by atoms with E-state index in [9.17, 15) is 14.0 Å². The monoisotopic (exact) mass is 366 g/mol. The molecule has 3 aromatic rings. The van der Waals surface area contributed by atoms with Crippen LogP contribution in [0.2, 0.25) is 0 Å². The number of aromatic nitrogens is 1. The minimum Gasteiger partial charge on any atom is -0.464 e. The van der Waals surface area contributed by atoms with Crippen molar-refractivity contribution in [2.75, 3.05) is 13.2 Å². The molecule has 2 aromatic carbocycles. The highest BCUT2D eigenvalue weighted by Gasteiger charge is 2.39. The van der Waals surface area contributed by atoms with E-state index in [1.807, 2.05) is 24.3 Å². The molecule has 1 amide bonds. The normalized spacial score (nSPS) is 16.2. The average Bonchev–Trinajstić information content (AvgIpc) is 3.06. The summed E-state index contributed by atoms with van der Waals surface area (Å²) in [6.45, 7) is 2.34. The molecule has 1 aromatic heterocycles. The van der Waals surface area contributed by atoms with E-state index in [4.69, 9.17) is 4.74 Å². The molecule has 0 bridgehead atoms. The highest BCUT2D eigenvalue weighted by atomic mass is 19.1. The van der Waals surface area contributed by atoms with Crippen molar-refractivity contribution in [1.82, 2.24) is 9.88 Å². The number of hydrogen-bond donors (Lipinski definition) is 1. The van der Waals surface area contributed by atoms with Crippen LogP contribution in [0.4, 0.5) is 4.39 Å². The first-order valence-electron chi connectivity index (χ1n) is 8.92. The summed E-state index contributed by atoms with van der Waals surface area (Å²) in [4.78, 5) is 30.6. The summed E-state index contributed by atoms with van der Waals surface area (Å²) in [6.07, 6.45) is 0.627. The lowest BCUT2D eigenvalue weighted by Gasteiger charge is -2.34. The molecule has 5 nitrogen and oxygen atoms in total. The van der Waals surface area contributed by atoms with Gasteiger partial charge in [-0.2, -0.15) is 0 Å². The molecule has 1 aliphatic rings. The number of nitrogens with one attached hydrogen (secondary N) is 1. The van der Waals surface area contributed by atoms with Crippen LogP contribution < -0.4 is 0 Å². The maximum absolute atomic E-state index is 13.2. The molecule has 4 rings (SSSR count). The highest BCUT2D eigenvalue weighted by Crippen LogP contribution is 2.36. The van der Waals surface area contributed by atoms with Gasteiger partial charge in [-0.1, -0.05) is 18.2 Å². The molecule has 0 aliphatic carbocycles. The summed E-state index contributed by atoms with van der Waals surface area (Å²) in [6, 6.07) is 12.3. The predicted molar refractivity (Wildman–Crippen MR) is 98.8 cm³/mol. The molecule has 2 heterocycles. The van der Waals surface area contributed by atoms with Crippen molar-refractivity contribution in [3.8, 4) is 0 Å². The third-order valence-corrected chi connectivity index (χ3v) is 4.90. The van der Waals surface area contributed by atoms with Crippen LogP contribution in [0.25, 0.3) is 10.9 Å². The molecule has 1 atom stereocenters. The quantitative estimate of drug-likeness (QED) is 0.721. The minimum absolute atomic E-state index is 0.226. The van der Waals surface area contributed by atoms with E-state index in [-0.39, 0.29) is 12.5 Å². The number of carbonyl (C=O) groups is 2. The second-order valence-corrected chi connectivity index (χ2v) is 6.47. The first-order chi connectivity index (χ1) is 13.1. The van der Waals surface area contributed by atoms with Crippen LogP contribution in [0.3, 0.4) is 0 Å². The third-order valence-electron chi connectivity index (χ3n) is 4.90. The Labute approximate surface area is 155 Å². The Hall–Kier alpha value is -3.15. The number of ether oxygens (including phenoxy) is 1. The highest BCUT2D eigenvalue weighted by molar-refractivity contribution is 5.98. The van der Waals surface area contributed by atoms with Crippen molar-refractivity contribution in [3.05, 3.63) is 71.2 Å². The van der Waals surface area contributed by atoms with E-state index < -0.39 is 17.8 Å². The second kappa shape index (κ2) is 6.87. The van der Waals surface area contributed by atoms with Crippen molar-refractivity contribution in [3.63, 3.8) is 0 Å². The maximum Gasteiger partial charge on any atom is 0.335 e. The molecular formula is C21H19FN2O3. The van der Waals surface area contributed by atoms with Crippen molar-refractivity contribution in [2.24, 2.45) is 0 Å². The molecule has 27 heavy (non-hydrogen) atoms. The van der Waals surface area contributed by atoms with Crippen molar-refractivity contribution >= 4 is 22.8 Å². The number of amides is 1. The van der Waals surface area contributed by atoms with E-state index in [0.29, 0.717) is 24.2 Å². The van der Waals surface area contributed by atoms with Crippen molar-refractivity contribution in [1.29, 1.82) is 0 Å². The van der Waals surface area contributed by atoms with Gasteiger partial charge in [0, 0.05) is 23.0 Å². The first kappa shape index (κ1) is 17.3. The van der Waals surface area contributed by atoms with E-state index in [0.717, 1.165) is 16.5 Å². The zero-order valence-corrected chi connectivity index (χ0v) is 14.9. The Morgan fingerprint density at radius 3 is 2.67 bits per heavy atom. The van der Waals surface area contributed by atoms with Gasteiger partial charge >= 0.3 is 5.97 Å². The SMILES string of the molecule is CCOC(=O)C1c2[nH]c3ccccc3c2CCN1C(=O)c1ccc(F)cc1. The lowest BCUT2D eigenvalue weighted by molar-refractivity contribution is -0.149. The Morgan fingerprint density at radius 2 is 1.93 bits per heavy atom. The van der Waals surface area contributed by atoms with Crippen LogP contribution in [0.1, 0.15) is 34.6 Å². The average molecular weight is 366 g/mol. The Balaban J connectivity index is 1.78. The molecule has 6 heteroatoms. The van der Waals surface area contributed by atoms with Crippen LogP contribution in [0.15, 0.2) is 48.5 Å². The van der Waals surface area contributed by atoms with E-state index in [2.05, 4.69) is 4.98 Å². The Morgan fingerprint density at radius 1 is 1.19 bits per heavy atom. The Bertz CT molecular complexity index is 1010. The van der Waals surface area contributed by atoms with Gasteiger partial charge in [0.05, 0.1) is 12.3 Å².